The number of fused-ring (bicyclic) bond motifs is 3. The topological polar surface area (TPSA) is 42.1 Å². The number of hydrogen-bond acceptors (Lipinski definition) is 5. The highest BCUT2D eigenvalue weighted by molar-refractivity contribution is 7.29. The number of nitrogens with two attached hydrogens (primary N) is 1. The molecule has 1 aliphatic rings. The summed E-state index contributed by atoms with van der Waals surface area (Å²) in [6.07, 6.45) is 2.16. The van der Waals surface area contributed by atoms with E-state index in [0.29, 0.717) is 5.13 Å². The molecular weight excluding hydrogens is 334 g/mol. The second kappa shape index (κ2) is 5.81. The maximum atomic E-state index is 6.29. The Morgan fingerprint density at radius 1 is 1.18 bits per heavy atom. The lowest BCUT2D eigenvalue weighted by Gasteiger charge is -2.20. The van der Waals surface area contributed by atoms with Gasteiger partial charge >= 0.3 is 0 Å². The maximum Gasteiger partial charge on any atom is 0.181 e. The van der Waals surface area contributed by atoms with Crippen molar-refractivity contribution in [1.29, 1.82) is 0 Å². The Morgan fingerprint density at radius 2 is 2.00 bits per heavy atom. The van der Waals surface area contributed by atoms with Gasteiger partial charge in [-0.1, -0.05) is 41.1 Å². The Morgan fingerprint density at radius 3 is 2.86 bits per heavy atom. The number of benzene rings is 1. The molecule has 3 aromatic rings. The Hall–Kier alpha value is -1.14. The molecule has 0 unspecified atom stereocenters. The zero-order valence-electron chi connectivity index (χ0n) is 12.0. The van der Waals surface area contributed by atoms with E-state index in [2.05, 4.69) is 22.0 Å². The van der Waals surface area contributed by atoms with Crippen LogP contribution in [0.5, 0.6) is 0 Å². The molecule has 1 aromatic carbocycles. The number of hydrogen-bond donors (Lipinski definition) is 1. The molecule has 4 rings (SSSR count). The van der Waals surface area contributed by atoms with E-state index in [-0.39, 0.29) is 0 Å². The number of nitrogens with zero attached hydrogens (tertiary/aromatic N) is 2. The first-order chi connectivity index (χ1) is 10.7. The Labute approximate surface area is 142 Å². The Bertz CT molecular complexity index is 824. The van der Waals surface area contributed by atoms with Crippen LogP contribution in [-0.4, -0.2) is 23.0 Å². The third-order valence-corrected chi connectivity index (χ3v) is 6.76. The molecular formula is C16H16ClN3S2. The first-order valence-corrected chi connectivity index (χ1v) is 9.34. The number of rotatable bonds is 2. The zero-order chi connectivity index (χ0) is 15.1. The van der Waals surface area contributed by atoms with E-state index in [1.807, 2.05) is 23.5 Å². The predicted octanol–water partition coefficient (Wildman–Crippen LogP) is 4.19. The summed E-state index contributed by atoms with van der Waals surface area (Å²) < 4.78 is 1.30. The lowest BCUT2D eigenvalue weighted by Crippen LogP contribution is -2.26. The summed E-state index contributed by atoms with van der Waals surface area (Å²) in [6, 6.07) is 8.12. The van der Waals surface area contributed by atoms with E-state index in [4.69, 9.17) is 17.3 Å². The Kier molecular flexibility index (Phi) is 3.82. The minimum Gasteiger partial charge on any atom is -0.375 e. The van der Waals surface area contributed by atoms with Gasteiger partial charge in [0.05, 0.1) is 4.70 Å². The molecule has 1 aliphatic heterocycles. The highest BCUT2D eigenvalue weighted by Gasteiger charge is 2.21. The van der Waals surface area contributed by atoms with Crippen molar-refractivity contribution < 1.29 is 0 Å². The molecule has 3 nitrogen and oxygen atoms in total. The minimum atomic E-state index is 0.682. The number of thiazole rings is 1. The summed E-state index contributed by atoms with van der Waals surface area (Å²) in [5.74, 6) is 0. The lowest BCUT2D eigenvalue weighted by molar-refractivity contribution is 0.280. The normalized spacial score (nSPS) is 15.9. The molecule has 0 fully saturated rings. The van der Waals surface area contributed by atoms with E-state index >= 15 is 0 Å². The monoisotopic (exact) mass is 349 g/mol. The van der Waals surface area contributed by atoms with Gasteiger partial charge in [0.15, 0.2) is 5.13 Å². The maximum absolute atomic E-state index is 6.29. The lowest BCUT2D eigenvalue weighted by atomic mass is 10.2. The molecule has 3 heterocycles. The third kappa shape index (κ3) is 2.63. The fraction of sp³-hybridized carbons (Fsp3) is 0.312. The number of thiophene rings is 1. The number of nitrogen functional groups attached to an aromatic ring is 1. The van der Waals surface area contributed by atoms with Gasteiger partial charge in [-0.15, -0.1) is 11.3 Å². The molecule has 22 heavy (non-hydrogen) atoms. The van der Waals surface area contributed by atoms with Gasteiger partial charge in [0.2, 0.25) is 0 Å². The van der Waals surface area contributed by atoms with E-state index in [9.17, 15) is 0 Å². The largest absolute Gasteiger partial charge is 0.375 e. The molecule has 0 saturated carbocycles. The molecule has 0 radical (unpaired) electrons. The molecule has 0 bridgehead atoms. The molecule has 0 amide bonds. The predicted molar refractivity (Wildman–Crippen MR) is 96.0 cm³/mol. The average Bonchev–Trinajstić information content (AvgIpc) is 2.93. The highest BCUT2D eigenvalue weighted by atomic mass is 35.5. The van der Waals surface area contributed by atoms with E-state index in [1.165, 1.54) is 20.7 Å². The van der Waals surface area contributed by atoms with Gasteiger partial charge in [0, 0.05) is 29.5 Å². The minimum absolute atomic E-state index is 0.682. The second-order valence-corrected chi connectivity index (χ2v) is 8.08. The van der Waals surface area contributed by atoms with Gasteiger partial charge < -0.3 is 5.73 Å². The van der Waals surface area contributed by atoms with E-state index in [1.54, 1.807) is 11.3 Å². The average molecular weight is 350 g/mol. The van der Waals surface area contributed by atoms with Crippen LogP contribution in [0.4, 0.5) is 5.13 Å². The van der Waals surface area contributed by atoms with Crippen molar-refractivity contribution in [1.82, 2.24) is 9.88 Å². The summed E-state index contributed by atoms with van der Waals surface area (Å²) in [4.78, 5) is 9.52. The zero-order valence-corrected chi connectivity index (χ0v) is 14.4. The number of halogens is 1. The van der Waals surface area contributed by atoms with Crippen LogP contribution in [0.15, 0.2) is 24.3 Å². The standard InChI is InChI=1S/C16H16ClN3S2/c17-12-4-2-1-3-10(12)9-20-7-5-11-13(6-8-20)21-15-14(11)22-16(18)19-15/h1-4H,5-9H2,(H2,18,19). The van der Waals surface area contributed by atoms with E-state index < -0.39 is 0 Å². The summed E-state index contributed by atoms with van der Waals surface area (Å²) in [6.45, 7) is 3.05. The van der Waals surface area contributed by atoms with Gasteiger partial charge in [-0.3, -0.25) is 4.90 Å². The second-order valence-electron chi connectivity index (χ2n) is 5.56. The van der Waals surface area contributed by atoms with Gasteiger partial charge in [-0.25, -0.2) is 4.98 Å². The van der Waals surface area contributed by atoms with Crippen LogP contribution >= 0.6 is 34.3 Å². The summed E-state index contributed by atoms with van der Waals surface area (Å²) in [7, 11) is 0. The molecule has 114 valence electrons. The van der Waals surface area contributed by atoms with Crippen molar-refractivity contribution in [3.8, 4) is 0 Å². The van der Waals surface area contributed by atoms with Gasteiger partial charge in [0.25, 0.3) is 0 Å². The van der Waals surface area contributed by atoms with Crippen LogP contribution in [0.1, 0.15) is 16.0 Å². The Balaban J connectivity index is 1.55. The van der Waals surface area contributed by atoms with Gasteiger partial charge in [0.1, 0.15) is 4.83 Å². The third-order valence-electron chi connectivity index (χ3n) is 4.13. The SMILES string of the molecule is Nc1nc2sc3c(c2s1)CCN(Cc1ccccc1Cl)CC3. The first kappa shape index (κ1) is 14.5. The van der Waals surface area contributed by atoms with Crippen LogP contribution in [-0.2, 0) is 19.4 Å². The highest BCUT2D eigenvalue weighted by Crippen LogP contribution is 2.38. The van der Waals surface area contributed by atoms with Crippen molar-refractivity contribution >= 4 is 48.9 Å². The summed E-state index contributed by atoms with van der Waals surface area (Å²) in [5, 5.41) is 1.54. The van der Waals surface area contributed by atoms with Crippen LogP contribution in [0.25, 0.3) is 9.53 Å². The first-order valence-electron chi connectivity index (χ1n) is 7.33. The van der Waals surface area contributed by atoms with Crippen LogP contribution in [0, 0.1) is 0 Å². The number of anilines is 1. The molecule has 6 heteroatoms. The molecule has 2 N–H and O–H groups in total. The fourth-order valence-corrected chi connectivity index (χ4v) is 5.52. The van der Waals surface area contributed by atoms with Crippen molar-refractivity contribution in [2.24, 2.45) is 0 Å². The van der Waals surface area contributed by atoms with Crippen LogP contribution in [0.2, 0.25) is 5.02 Å². The molecule has 0 atom stereocenters. The van der Waals surface area contributed by atoms with Crippen LogP contribution in [0.3, 0.4) is 0 Å². The molecule has 2 aromatic heterocycles. The summed E-state index contributed by atoms with van der Waals surface area (Å²) >= 11 is 9.73. The smallest absolute Gasteiger partial charge is 0.181 e. The fourth-order valence-electron chi connectivity index (χ4n) is 3.01. The van der Waals surface area contributed by atoms with Crippen molar-refractivity contribution in [3.05, 3.63) is 45.3 Å². The van der Waals surface area contributed by atoms with Crippen LogP contribution < -0.4 is 5.73 Å². The van der Waals surface area contributed by atoms with Crippen molar-refractivity contribution in [3.63, 3.8) is 0 Å². The molecule has 0 spiro atoms. The molecule has 0 saturated heterocycles. The quantitative estimate of drug-likeness (QED) is 0.754. The van der Waals surface area contributed by atoms with Gasteiger partial charge in [-0.05, 0) is 30.0 Å². The van der Waals surface area contributed by atoms with Crippen molar-refractivity contribution in [2.75, 3.05) is 18.8 Å². The van der Waals surface area contributed by atoms with E-state index in [0.717, 1.165) is 42.3 Å². The van der Waals surface area contributed by atoms with Crippen molar-refractivity contribution in [2.45, 2.75) is 19.4 Å². The number of aromatic nitrogens is 1. The summed E-state index contributed by atoms with van der Waals surface area (Å²) in [5.41, 5.74) is 8.52. The van der Waals surface area contributed by atoms with Gasteiger partial charge in [-0.2, -0.15) is 0 Å². The molecule has 0 aliphatic carbocycles.